The fourth-order valence-electron chi connectivity index (χ4n) is 1.83. The fraction of sp³-hybridized carbons (Fsp3) is 0.188. The van der Waals surface area contributed by atoms with E-state index in [1.807, 2.05) is 0 Å². The first kappa shape index (κ1) is 13.3. The zero-order valence-electron chi connectivity index (χ0n) is 10.7. The molecule has 0 aliphatic heterocycles. The summed E-state index contributed by atoms with van der Waals surface area (Å²) in [5.74, 6) is 0.548. The van der Waals surface area contributed by atoms with E-state index in [0.717, 1.165) is 11.3 Å². The summed E-state index contributed by atoms with van der Waals surface area (Å²) in [7, 11) is 1.59. The van der Waals surface area contributed by atoms with E-state index in [1.165, 1.54) is 12.1 Å². The molecule has 2 nitrogen and oxygen atoms in total. The van der Waals surface area contributed by atoms with Crippen LogP contribution in [0, 0.1) is 5.82 Å². The van der Waals surface area contributed by atoms with Crippen LogP contribution in [-0.4, -0.2) is 12.9 Å². The average Bonchev–Trinajstić information content (AvgIpc) is 2.46. The van der Waals surface area contributed by atoms with E-state index >= 15 is 0 Å². The van der Waals surface area contributed by atoms with Crippen molar-refractivity contribution in [1.29, 1.82) is 0 Å². The molecule has 19 heavy (non-hydrogen) atoms. The van der Waals surface area contributed by atoms with E-state index in [4.69, 9.17) is 4.74 Å². The molecule has 2 aromatic rings. The summed E-state index contributed by atoms with van der Waals surface area (Å²) in [6.45, 7) is 0. The number of hydrogen-bond acceptors (Lipinski definition) is 2. The van der Waals surface area contributed by atoms with Crippen molar-refractivity contribution in [1.82, 2.24) is 0 Å². The van der Waals surface area contributed by atoms with Crippen molar-refractivity contribution >= 4 is 5.78 Å². The van der Waals surface area contributed by atoms with Gasteiger partial charge in [-0.25, -0.2) is 4.39 Å². The second kappa shape index (κ2) is 6.14. The summed E-state index contributed by atoms with van der Waals surface area (Å²) >= 11 is 0. The first-order valence-corrected chi connectivity index (χ1v) is 6.11. The van der Waals surface area contributed by atoms with Gasteiger partial charge >= 0.3 is 0 Å². The number of methoxy groups -OCH3 is 1. The summed E-state index contributed by atoms with van der Waals surface area (Å²) in [6, 6.07) is 13.3. The van der Waals surface area contributed by atoms with Crippen molar-refractivity contribution in [3.63, 3.8) is 0 Å². The Morgan fingerprint density at radius 1 is 1.05 bits per heavy atom. The second-order valence-electron chi connectivity index (χ2n) is 4.28. The smallest absolute Gasteiger partial charge is 0.163 e. The van der Waals surface area contributed by atoms with Gasteiger partial charge in [0.05, 0.1) is 7.11 Å². The maximum absolute atomic E-state index is 12.7. The number of hydrogen-bond donors (Lipinski definition) is 0. The molecule has 2 rings (SSSR count). The zero-order valence-corrected chi connectivity index (χ0v) is 10.7. The van der Waals surface area contributed by atoms with Crippen LogP contribution in [0.1, 0.15) is 22.3 Å². The van der Waals surface area contributed by atoms with Gasteiger partial charge in [0.1, 0.15) is 11.6 Å². The Morgan fingerprint density at radius 3 is 2.26 bits per heavy atom. The van der Waals surface area contributed by atoms with E-state index in [0.29, 0.717) is 18.4 Å². The van der Waals surface area contributed by atoms with E-state index in [-0.39, 0.29) is 11.6 Å². The number of carbonyl (C=O) groups is 1. The third-order valence-corrected chi connectivity index (χ3v) is 2.97. The number of rotatable bonds is 5. The van der Waals surface area contributed by atoms with E-state index in [9.17, 15) is 9.18 Å². The minimum atomic E-state index is -0.259. The molecule has 0 aromatic heterocycles. The molecule has 0 bridgehead atoms. The average molecular weight is 258 g/mol. The molecule has 3 heteroatoms. The molecular formula is C16H15FO2. The highest BCUT2D eigenvalue weighted by molar-refractivity contribution is 5.96. The highest BCUT2D eigenvalue weighted by atomic mass is 19.1. The quantitative estimate of drug-likeness (QED) is 0.765. The largest absolute Gasteiger partial charge is 0.497 e. The van der Waals surface area contributed by atoms with Crippen LogP contribution in [-0.2, 0) is 6.42 Å². The minimum absolute atomic E-state index is 0.0759. The van der Waals surface area contributed by atoms with Gasteiger partial charge in [0.25, 0.3) is 0 Å². The Morgan fingerprint density at radius 2 is 1.68 bits per heavy atom. The van der Waals surface area contributed by atoms with Gasteiger partial charge < -0.3 is 4.74 Å². The van der Waals surface area contributed by atoms with Crippen molar-refractivity contribution in [2.24, 2.45) is 0 Å². The molecular weight excluding hydrogens is 243 g/mol. The SMILES string of the molecule is COc1ccc(C(=O)CCc2ccc(F)cc2)cc1. The van der Waals surface area contributed by atoms with Crippen LogP contribution in [0.25, 0.3) is 0 Å². The predicted molar refractivity (Wildman–Crippen MR) is 72.0 cm³/mol. The lowest BCUT2D eigenvalue weighted by molar-refractivity contribution is 0.0983. The van der Waals surface area contributed by atoms with Crippen LogP contribution in [0.2, 0.25) is 0 Å². The van der Waals surface area contributed by atoms with Gasteiger partial charge in [0.2, 0.25) is 0 Å². The lowest BCUT2D eigenvalue weighted by Gasteiger charge is -2.03. The number of Topliss-reactive ketones (excluding diaryl/α,β-unsaturated/α-hetero) is 1. The van der Waals surface area contributed by atoms with Crippen molar-refractivity contribution in [3.8, 4) is 5.75 Å². The van der Waals surface area contributed by atoms with Crippen LogP contribution in [0.3, 0.4) is 0 Å². The maximum atomic E-state index is 12.7. The van der Waals surface area contributed by atoms with Crippen LogP contribution >= 0.6 is 0 Å². The number of carbonyl (C=O) groups excluding carboxylic acids is 1. The number of aryl methyl sites for hydroxylation is 1. The minimum Gasteiger partial charge on any atom is -0.497 e. The molecule has 0 saturated heterocycles. The Bertz CT molecular complexity index is 544. The second-order valence-corrected chi connectivity index (χ2v) is 4.28. The third-order valence-electron chi connectivity index (χ3n) is 2.97. The normalized spacial score (nSPS) is 10.2. The molecule has 98 valence electrons. The summed E-state index contributed by atoms with van der Waals surface area (Å²) in [4.78, 5) is 12.0. The zero-order chi connectivity index (χ0) is 13.7. The first-order valence-electron chi connectivity index (χ1n) is 6.11. The lowest BCUT2D eigenvalue weighted by Crippen LogP contribution is -2.01. The number of halogens is 1. The highest BCUT2D eigenvalue weighted by Gasteiger charge is 2.06. The monoisotopic (exact) mass is 258 g/mol. The summed E-state index contributed by atoms with van der Waals surface area (Å²) in [5.41, 5.74) is 1.63. The van der Waals surface area contributed by atoms with E-state index < -0.39 is 0 Å². The molecule has 0 spiro atoms. The molecule has 0 heterocycles. The topological polar surface area (TPSA) is 26.3 Å². The first-order chi connectivity index (χ1) is 9.19. The maximum Gasteiger partial charge on any atom is 0.163 e. The van der Waals surface area contributed by atoms with Gasteiger partial charge in [0.15, 0.2) is 5.78 Å². The van der Waals surface area contributed by atoms with Crippen LogP contribution in [0.5, 0.6) is 5.75 Å². The molecule has 0 fully saturated rings. The van der Waals surface area contributed by atoms with Gasteiger partial charge in [-0.05, 0) is 48.4 Å². The number of ether oxygens (including phenoxy) is 1. The molecule has 0 atom stereocenters. The standard InChI is InChI=1S/C16H15FO2/c1-19-15-9-5-13(6-10-15)16(18)11-4-12-2-7-14(17)8-3-12/h2-3,5-10H,4,11H2,1H3. The summed E-state index contributed by atoms with van der Waals surface area (Å²) in [6.07, 6.45) is 1.03. The van der Waals surface area contributed by atoms with E-state index in [2.05, 4.69) is 0 Å². The Hall–Kier alpha value is -2.16. The molecule has 0 amide bonds. The van der Waals surface area contributed by atoms with Gasteiger partial charge in [0, 0.05) is 12.0 Å². The molecule has 0 radical (unpaired) electrons. The molecule has 0 aliphatic carbocycles. The Balaban J connectivity index is 1.95. The fourth-order valence-corrected chi connectivity index (χ4v) is 1.83. The van der Waals surface area contributed by atoms with Crippen LogP contribution in [0.15, 0.2) is 48.5 Å². The van der Waals surface area contributed by atoms with Crippen molar-refractivity contribution in [2.75, 3.05) is 7.11 Å². The van der Waals surface area contributed by atoms with Crippen molar-refractivity contribution in [2.45, 2.75) is 12.8 Å². The van der Waals surface area contributed by atoms with Gasteiger partial charge in [-0.1, -0.05) is 12.1 Å². The molecule has 0 N–H and O–H groups in total. The van der Waals surface area contributed by atoms with Crippen molar-refractivity contribution in [3.05, 3.63) is 65.5 Å². The van der Waals surface area contributed by atoms with E-state index in [1.54, 1.807) is 43.5 Å². The molecule has 0 saturated carbocycles. The predicted octanol–water partition coefficient (Wildman–Crippen LogP) is 3.65. The number of ketones is 1. The van der Waals surface area contributed by atoms with Crippen LogP contribution < -0.4 is 4.74 Å². The molecule has 0 unspecified atom stereocenters. The molecule has 0 aliphatic rings. The number of benzene rings is 2. The van der Waals surface area contributed by atoms with Crippen LogP contribution in [0.4, 0.5) is 4.39 Å². The summed E-state index contributed by atoms with van der Waals surface area (Å²) < 4.78 is 17.8. The van der Waals surface area contributed by atoms with Gasteiger partial charge in [-0.15, -0.1) is 0 Å². The highest BCUT2D eigenvalue weighted by Crippen LogP contribution is 2.14. The van der Waals surface area contributed by atoms with Gasteiger partial charge in [-0.3, -0.25) is 4.79 Å². The third kappa shape index (κ3) is 3.65. The Labute approximate surface area is 111 Å². The Kier molecular flexibility index (Phi) is 4.29. The van der Waals surface area contributed by atoms with Crippen molar-refractivity contribution < 1.29 is 13.9 Å². The molecule has 2 aromatic carbocycles. The van der Waals surface area contributed by atoms with Gasteiger partial charge in [-0.2, -0.15) is 0 Å². The lowest BCUT2D eigenvalue weighted by atomic mass is 10.0. The summed E-state index contributed by atoms with van der Waals surface area (Å²) in [5, 5.41) is 0.